The zero-order chi connectivity index (χ0) is 15.0. The highest BCUT2D eigenvalue weighted by Crippen LogP contribution is 2.32. The van der Waals surface area contributed by atoms with Crippen LogP contribution in [0.1, 0.15) is 33.3 Å². The fraction of sp³-hybridized carbons (Fsp3) is 0.267. The normalized spacial score (nSPS) is 19.8. The number of hydrogen-bond donors (Lipinski definition) is 1. The predicted octanol–water partition coefficient (Wildman–Crippen LogP) is 2.71. The summed E-state index contributed by atoms with van der Waals surface area (Å²) < 4.78 is 24.2. The zero-order valence-corrected chi connectivity index (χ0v) is 13.1. The van der Waals surface area contributed by atoms with Crippen LogP contribution in [0.15, 0.2) is 40.6 Å². The standard InChI is InChI=1S/C15H15NO3S2/c1-10-6-8-20-14(10)15(17)16-12-7-9-21(18,19)13-5-3-2-4-11(12)13/h2-6,8,12H,7,9H2,1H3,(H,16,17). The number of carbonyl (C=O) groups excluding carboxylic acids is 1. The molecule has 1 N–H and O–H groups in total. The molecule has 1 aliphatic heterocycles. The van der Waals surface area contributed by atoms with Crippen molar-refractivity contribution in [2.24, 2.45) is 0 Å². The van der Waals surface area contributed by atoms with E-state index in [-0.39, 0.29) is 17.7 Å². The Bertz CT molecular complexity index is 793. The zero-order valence-electron chi connectivity index (χ0n) is 11.5. The number of aryl methyl sites for hydroxylation is 1. The number of amides is 1. The molecule has 0 bridgehead atoms. The average Bonchev–Trinajstić information content (AvgIpc) is 2.89. The smallest absolute Gasteiger partial charge is 0.262 e. The molecule has 1 atom stereocenters. The highest BCUT2D eigenvalue weighted by atomic mass is 32.2. The molecule has 1 aromatic carbocycles. The molecule has 1 unspecified atom stereocenters. The highest BCUT2D eigenvalue weighted by Gasteiger charge is 2.31. The summed E-state index contributed by atoms with van der Waals surface area (Å²) in [4.78, 5) is 13.3. The van der Waals surface area contributed by atoms with Gasteiger partial charge in [0.15, 0.2) is 9.84 Å². The maximum absolute atomic E-state index is 12.3. The number of rotatable bonds is 2. The quantitative estimate of drug-likeness (QED) is 0.925. The van der Waals surface area contributed by atoms with Crippen molar-refractivity contribution in [3.05, 3.63) is 51.7 Å². The fourth-order valence-electron chi connectivity index (χ4n) is 2.57. The molecule has 21 heavy (non-hydrogen) atoms. The maximum Gasteiger partial charge on any atom is 0.262 e. The van der Waals surface area contributed by atoms with Gasteiger partial charge in [-0.3, -0.25) is 4.79 Å². The fourth-order valence-corrected chi connectivity index (χ4v) is 5.02. The van der Waals surface area contributed by atoms with Crippen LogP contribution in [0.4, 0.5) is 0 Å². The average molecular weight is 321 g/mol. The highest BCUT2D eigenvalue weighted by molar-refractivity contribution is 7.91. The number of fused-ring (bicyclic) bond motifs is 1. The van der Waals surface area contributed by atoms with Crippen LogP contribution in [-0.2, 0) is 9.84 Å². The summed E-state index contributed by atoms with van der Waals surface area (Å²) in [5, 5.41) is 4.84. The molecule has 0 saturated heterocycles. The van der Waals surface area contributed by atoms with Gasteiger partial charge in [0.25, 0.3) is 5.91 Å². The number of benzene rings is 1. The summed E-state index contributed by atoms with van der Waals surface area (Å²) in [7, 11) is -3.22. The molecule has 1 aromatic heterocycles. The Morgan fingerprint density at radius 1 is 1.29 bits per heavy atom. The van der Waals surface area contributed by atoms with Crippen LogP contribution in [-0.4, -0.2) is 20.1 Å². The van der Waals surface area contributed by atoms with E-state index in [1.54, 1.807) is 24.3 Å². The number of carbonyl (C=O) groups is 1. The first-order chi connectivity index (χ1) is 9.99. The van der Waals surface area contributed by atoms with Gasteiger partial charge in [0.05, 0.1) is 21.6 Å². The summed E-state index contributed by atoms with van der Waals surface area (Å²) in [6, 6.07) is 8.55. The van der Waals surface area contributed by atoms with Gasteiger partial charge in [0, 0.05) is 0 Å². The number of thiophene rings is 1. The van der Waals surface area contributed by atoms with Crippen LogP contribution in [0.5, 0.6) is 0 Å². The molecular formula is C15H15NO3S2. The molecule has 0 saturated carbocycles. The van der Waals surface area contributed by atoms with E-state index in [1.807, 2.05) is 18.4 Å². The molecule has 4 nitrogen and oxygen atoms in total. The molecular weight excluding hydrogens is 306 g/mol. The Morgan fingerprint density at radius 2 is 2.05 bits per heavy atom. The van der Waals surface area contributed by atoms with Crippen molar-refractivity contribution in [3.8, 4) is 0 Å². The first-order valence-electron chi connectivity index (χ1n) is 6.66. The Hall–Kier alpha value is -1.66. The lowest BCUT2D eigenvalue weighted by Gasteiger charge is -2.26. The van der Waals surface area contributed by atoms with E-state index in [0.29, 0.717) is 21.8 Å². The second kappa shape index (κ2) is 5.27. The van der Waals surface area contributed by atoms with Gasteiger partial charge in [-0.05, 0) is 42.0 Å². The summed E-state index contributed by atoms with van der Waals surface area (Å²) >= 11 is 1.40. The third-order valence-electron chi connectivity index (χ3n) is 3.68. The first kappa shape index (κ1) is 14.3. The lowest BCUT2D eigenvalue weighted by atomic mass is 10.0. The summed E-state index contributed by atoms with van der Waals surface area (Å²) in [6.45, 7) is 1.89. The van der Waals surface area contributed by atoms with Crippen molar-refractivity contribution in [1.82, 2.24) is 5.32 Å². The van der Waals surface area contributed by atoms with Gasteiger partial charge in [-0.1, -0.05) is 18.2 Å². The Morgan fingerprint density at radius 3 is 2.76 bits per heavy atom. The monoisotopic (exact) mass is 321 g/mol. The third-order valence-corrected chi connectivity index (χ3v) is 6.51. The minimum absolute atomic E-state index is 0.0678. The lowest BCUT2D eigenvalue weighted by molar-refractivity contribution is 0.0938. The lowest BCUT2D eigenvalue weighted by Crippen LogP contribution is -2.33. The van der Waals surface area contributed by atoms with E-state index < -0.39 is 9.84 Å². The number of nitrogens with one attached hydrogen (secondary N) is 1. The van der Waals surface area contributed by atoms with Crippen molar-refractivity contribution >= 4 is 27.1 Å². The van der Waals surface area contributed by atoms with Crippen LogP contribution < -0.4 is 5.32 Å². The van der Waals surface area contributed by atoms with Gasteiger partial charge in [0.1, 0.15) is 0 Å². The summed E-state index contributed by atoms with van der Waals surface area (Å²) in [5.74, 6) is -0.0696. The van der Waals surface area contributed by atoms with E-state index >= 15 is 0 Å². The second-order valence-electron chi connectivity index (χ2n) is 5.10. The minimum atomic E-state index is -3.22. The van der Waals surface area contributed by atoms with E-state index in [9.17, 15) is 13.2 Å². The van der Waals surface area contributed by atoms with Crippen molar-refractivity contribution < 1.29 is 13.2 Å². The SMILES string of the molecule is Cc1ccsc1C(=O)NC1CCS(=O)(=O)c2ccccc21. The molecule has 110 valence electrons. The van der Waals surface area contributed by atoms with Gasteiger partial charge in [0.2, 0.25) is 0 Å². The molecule has 0 aliphatic carbocycles. The van der Waals surface area contributed by atoms with Crippen LogP contribution in [0.3, 0.4) is 0 Å². The Labute approximate surface area is 127 Å². The summed E-state index contributed by atoms with van der Waals surface area (Å²) in [5.41, 5.74) is 1.63. The molecule has 2 aromatic rings. The van der Waals surface area contributed by atoms with Gasteiger partial charge >= 0.3 is 0 Å². The van der Waals surface area contributed by atoms with Crippen LogP contribution in [0, 0.1) is 6.92 Å². The van der Waals surface area contributed by atoms with Crippen LogP contribution in [0.2, 0.25) is 0 Å². The van der Waals surface area contributed by atoms with E-state index in [2.05, 4.69) is 5.32 Å². The van der Waals surface area contributed by atoms with Crippen molar-refractivity contribution in [2.75, 3.05) is 5.75 Å². The molecule has 0 fully saturated rings. The van der Waals surface area contributed by atoms with Crippen molar-refractivity contribution in [2.45, 2.75) is 24.3 Å². The first-order valence-corrected chi connectivity index (χ1v) is 9.19. The predicted molar refractivity (Wildman–Crippen MR) is 82.4 cm³/mol. The minimum Gasteiger partial charge on any atom is -0.344 e. The number of hydrogen-bond acceptors (Lipinski definition) is 4. The van der Waals surface area contributed by atoms with Crippen molar-refractivity contribution in [1.29, 1.82) is 0 Å². The molecule has 6 heteroatoms. The molecule has 1 aliphatic rings. The van der Waals surface area contributed by atoms with E-state index in [0.717, 1.165) is 5.56 Å². The van der Waals surface area contributed by atoms with Crippen LogP contribution >= 0.6 is 11.3 Å². The molecule has 1 amide bonds. The molecule has 2 heterocycles. The molecule has 0 radical (unpaired) electrons. The summed E-state index contributed by atoms with van der Waals surface area (Å²) in [6.07, 6.45) is 0.412. The molecule has 3 rings (SSSR count). The van der Waals surface area contributed by atoms with Gasteiger partial charge in [-0.25, -0.2) is 8.42 Å². The maximum atomic E-state index is 12.3. The van der Waals surface area contributed by atoms with Crippen LogP contribution in [0.25, 0.3) is 0 Å². The van der Waals surface area contributed by atoms with Gasteiger partial charge in [-0.2, -0.15) is 0 Å². The Kier molecular flexibility index (Phi) is 3.59. The third kappa shape index (κ3) is 2.61. The second-order valence-corrected chi connectivity index (χ2v) is 8.10. The van der Waals surface area contributed by atoms with E-state index in [1.165, 1.54) is 11.3 Å². The number of sulfone groups is 1. The topological polar surface area (TPSA) is 63.2 Å². The largest absolute Gasteiger partial charge is 0.344 e. The molecule has 0 spiro atoms. The van der Waals surface area contributed by atoms with Crippen molar-refractivity contribution in [3.63, 3.8) is 0 Å². The van der Waals surface area contributed by atoms with Gasteiger partial charge in [-0.15, -0.1) is 11.3 Å². The van der Waals surface area contributed by atoms with E-state index in [4.69, 9.17) is 0 Å². The Balaban J connectivity index is 1.91. The van der Waals surface area contributed by atoms with Gasteiger partial charge < -0.3 is 5.32 Å².